The summed E-state index contributed by atoms with van der Waals surface area (Å²) in [6, 6.07) is 0. The zero-order valence-electron chi connectivity index (χ0n) is 8.30. The maximum atomic E-state index is 10.5. The second kappa shape index (κ2) is 4.76. The van der Waals surface area contributed by atoms with E-state index in [1.165, 1.54) is 6.92 Å². The van der Waals surface area contributed by atoms with Crippen LogP contribution in [0.4, 0.5) is 0 Å². The molecule has 0 bridgehead atoms. The molecule has 0 amide bonds. The van der Waals surface area contributed by atoms with Crippen LogP contribution < -0.4 is 0 Å². The summed E-state index contributed by atoms with van der Waals surface area (Å²) in [7, 11) is 0. The van der Waals surface area contributed by atoms with Gasteiger partial charge in [0.2, 0.25) is 0 Å². The summed E-state index contributed by atoms with van der Waals surface area (Å²) in [6.45, 7) is 4.59. The van der Waals surface area contributed by atoms with E-state index >= 15 is 0 Å². The van der Waals surface area contributed by atoms with Crippen LogP contribution in [-0.4, -0.2) is 26.7 Å². The lowest BCUT2D eigenvalue weighted by Crippen LogP contribution is -2.20. The number of carboxylic acids is 1. The molecule has 1 N–H and O–H groups in total. The van der Waals surface area contributed by atoms with Crippen LogP contribution in [0.2, 0.25) is 0 Å². The van der Waals surface area contributed by atoms with Gasteiger partial charge in [0.25, 0.3) is 0 Å². The first kappa shape index (κ1) is 10.7. The number of imidazole rings is 1. The summed E-state index contributed by atoms with van der Waals surface area (Å²) in [4.78, 5) is 14.4. The maximum Gasteiger partial charge on any atom is 0.332 e. The molecule has 5 heteroatoms. The molecule has 5 nitrogen and oxygen atoms in total. The van der Waals surface area contributed by atoms with Crippen molar-refractivity contribution in [2.75, 3.05) is 0 Å². The molecule has 0 aliphatic rings. The molecule has 0 saturated carbocycles. The number of ether oxygens (including phenoxy) is 1. The third-order valence-corrected chi connectivity index (χ3v) is 1.97. The van der Waals surface area contributed by atoms with Crippen LogP contribution in [0.1, 0.15) is 19.5 Å². The lowest BCUT2D eigenvalue weighted by molar-refractivity contribution is -0.150. The molecule has 0 spiro atoms. The van der Waals surface area contributed by atoms with Crippen molar-refractivity contribution in [1.29, 1.82) is 0 Å². The quantitative estimate of drug-likeness (QED) is 0.763. The Morgan fingerprint density at radius 1 is 1.79 bits per heavy atom. The number of carbonyl (C=O) groups is 1. The molecule has 0 aliphatic heterocycles. The number of hydrogen-bond donors (Lipinski definition) is 1. The summed E-state index contributed by atoms with van der Waals surface area (Å²) < 4.78 is 7.04. The molecule has 0 radical (unpaired) electrons. The van der Waals surface area contributed by atoms with Crippen LogP contribution in [0.5, 0.6) is 0 Å². The van der Waals surface area contributed by atoms with Gasteiger partial charge in [-0.2, -0.15) is 0 Å². The Morgan fingerprint density at radius 3 is 3.07 bits per heavy atom. The summed E-state index contributed by atoms with van der Waals surface area (Å²) in [5, 5.41) is 8.59. The fraction of sp³-hybridized carbons (Fsp3) is 0.556. The fourth-order valence-electron chi connectivity index (χ4n) is 1.03. The number of aromatic nitrogens is 2. The Hall–Kier alpha value is -1.36. The van der Waals surface area contributed by atoms with Crippen LogP contribution >= 0.6 is 0 Å². The van der Waals surface area contributed by atoms with E-state index in [0.717, 1.165) is 12.2 Å². The van der Waals surface area contributed by atoms with E-state index in [1.54, 1.807) is 12.5 Å². The lowest BCUT2D eigenvalue weighted by atomic mass is 10.4. The molecule has 0 unspecified atom stereocenters. The molecule has 1 aromatic heterocycles. The number of hydrogen-bond acceptors (Lipinski definition) is 3. The Kier molecular flexibility index (Phi) is 3.64. The molecule has 0 fully saturated rings. The van der Waals surface area contributed by atoms with Crippen LogP contribution in [0.15, 0.2) is 12.5 Å². The first-order valence-corrected chi connectivity index (χ1v) is 4.48. The first-order valence-electron chi connectivity index (χ1n) is 4.48. The predicted molar refractivity (Wildman–Crippen MR) is 49.8 cm³/mol. The van der Waals surface area contributed by atoms with E-state index in [-0.39, 0.29) is 6.61 Å². The smallest absolute Gasteiger partial charge is 0.332 e. The minimum absolute atomic E-state index is 0.279. The van der Waals surface area contributed by atoms with Crippen molar-refractivity contribution >= 4 is 5.97 Å². The SMILES string of the molecule is CCn1cncc1CO[C@H](C)C(=O)O. The van der Waals surface area contributed by atoms with Crippen LogP contribution in [0.3, 0.4) is 0 Å². The maximum absolute atomic E-state index is 10.5. The standard InChI is InChI=1S/C9H14N2O3/c1-3-11-6-10-4-8(11)5-14-7(2)9(12)13/h4,6-7H,3,5H2,1-2H3,(H,12,13)/t7-/m1/s1. The Balaban J connectivity index is 2.49. The van der Waals surface area contributed by atoms with Gasteiger partial charge in [-0.15, -0.1) is 0 Å². The summed E-state index contributed by atoms with van der Waals surface area (Å²) in [5.41, 5.74) is 0.889. The first-order chi connectivity index (χ1) is 6.65. The van der Waals surface area contributed by atoms with Crippen molar-refractivity contribution in [2.24, 2.45) is 0 Å². The third kappa shape index (κ3) is 2.56. The van der Waals surface area contributed by atoms with Gasteiger partial charge < -0.3 is 14.4 Å². The minimum atomic E-state index is -0.951. The van der Waals surface area contributed by atoms with Crippen LogP contribution in [-0.2, 0) is 22.7 Å². The molecule has 1 atom stereocenters. The molecule has 14 heavy (non-hydrogen) atoms. The molecule has 1 aromatic rings. The Labute approximate surface area is 82.3 Å². The van der Waals surface area contributed by atoms with Gasteiger partial charge in [0, 0.05) is 6.54 Å². The highest BCUT2D eigenvalue weighted by atomic mass is 16.5. The van der Waals surface area contributed by atoms with Crippen molar-refractivity contribution in [3.8, 4) is 0 Å². The van der Waals surface area contributed by atoms with Crippen molar-refractivity contribution in [3.05, 3.63) is 18.2 Å². The van der Waals surface area contributed by atoms with E-state index in [4.69, 9.17) is 9.84 Å². The Morgan fingerprint density at radius 2 is 2.50 bits per heavy atom. The van der Waals surface area contributed by atoms with Crippen molar-refractivity contribution < 1.29 is 14.6 Å². The summed E-state index contributed by atoms with van der Waals surface area (Å²) in [5.74, 6) is -0.951. The molecule has 1 rings (SSSR count). The summed E-state index contributed by atoms with van der Waals surface area (Å²) in [6.07, 6.45) is 2.59. The van der Waals surface area contributed by atoms with Gasteiger partial charge in [-0.1, -0.05) is 0 Å². The highest BCUT2D eigenvalue weighted by Crippen LogP contribution is 2.03. The molecule has 0 aliphatic carbocycles. The van der Waals surface area contributed by atoms with E-state index in [0.29, 0.717) is 0 Å². The highest BCUT2D eigenvalue weighted by Gasteiger charge is 2.11. The van der Waals surface area contributed by atoms with Crippen molar-refractivity contribution in [3.63, 3.8) is 0 Å². The van der Waals surface area contributed by atoms with Gasteiger partial charge in [-0.25, -0.2) is 9.78 Å². The number of carboxylic acid groups (broad SMARTS) is 1. The minimum Gasteiger partial charge on any atom is -0.479 e. The molecular formula is C9H14N2O3. The van der Waals surface area contributed by atoms with Gasteiger partial charge in [-0.05, 0) is 13.8 Å². The third-order valence-electron chi connectivity index (χ3n) is 1.97. The molecule has 0 aromatic carbocycles. The monoisotopic (exact) mass is 198 g/mol. The van der Waals surface area contributed by atoms with Crippen molar-refractivity contribution in [2.45, 2.75) is 33.1 Å². The highest BCUT2D eigenvalue weighted by molar-refractivity contribution is 5.71. The normalized spacial score (nSPS) is 12.7. The van der Waals surface area contributed by atoms with Crippen LogP contribution in [0.25, 0.3) is 0 Å². The average molecular weight is 198 g/mol. The van der Waals surface area contributed by atoms with E-state index in [9.17, 15) is 4.79 Å². The van der Waals surface area contributed by atoms with Gasteiger partial charge in [-0.3, -0.25) is 0 Å². The second-order valence-corrected chi connectivity index (χ2v) is 2.96. The molecule has 1 heterocycles. The average Bonchev–Trinajstić information content (AvgIpc) is 2.60. The molecular weight excluding hydrogens is 184 g/mol. The van der Waals surface area contributed by atoms with Gasteiger partial charge in [0.05, 0.1) is 24.8 Å². The largest absolute Gasteiger partial charge is 0.479 e. The fourth-order valence-corrected chi connectivity index (χ4v) is 1.03. The second-order valence-electron chi connectivity index (χ2n) is 2.96. The predicted octanol–water partition coefficient (Wildman–Crippen LogP) is 0.893. The Bertz CT molecular complexity index is 309. The van der Waals surface area contributed by atoms with Crippen LogP contribution in [0, 0.1) is 0 Å². The van der Waals surface area contributed by atoms with Gasteiger partial charge >= 0.3 is 5.97 Å². The van der Waals surface area contributed by atoms with Crippen molar-refractivity contribution in [1.82, 2.24) is 9.55 Å². The number of rotatable bonds is 5. The molecule has 0 saturated heterocycles. The number of nitrogens with zero attached hydrogens (tertiary/aromatic N) is 2. The topological polar surface area (TPSA) is 64.4 Å². The van der Waals surface area contributed by atoms with Gasteiger partial charge in [0.15, 0.2) is 6.10 Å². The van der Waals surface area contributed by atoms with Gasteiger partial charge in [0.1, 0.15) is 0 Å². The molecule has 78 valence electrons. The summed E-state index contributed by atoms with van der Waals surface area (Å²) >= 11 is 0. The lowest BCUT2D eigenvalue weighted by Gasteiger charge is -2.09. The number of aliphatic carboxylic acids is 1. The number of aryl methyl sites for hydroxylation is 1. The zero-order chi connectivity index (χ0) is 10.6. The van der Waals surface area contributed by atoms with E-state index < -0.39 is 12.1 Å². The van der Waals surface area contributed by atoms with E-state index in [2.05, 4.69) is 4.98 Å². The zero-order valence-corrected chi connectivity index (χ0v) is 8.30. The van der Waals surface area contributed by atoms with E-state index in [1.807, 2.05) is 11.5 Å².